The van der Waals surface area contributed by atoms with Gasteiger partial charge in [0.15, 0.2) is 6.20 Å². The van der Waals surface area contributed by atoms with Gasteiger partial charge in [0.1, 0.15) is 0 Å². The van der Waals surface area contributed by atoms with Crippen LogP contribution < -0.4 is 4.73 Å². The van der Waals surface area contributed by atoms with Crippen molar-refractivity contribution >= 4 is 11.8 Å². The van der Waals surface area contributed by atoms with Gasteiger partial charge in [-0.25, -0.2) is 0 Å². The van der Waals surface area contributed by atoms with E-state index in [1.165, 1.54) is 23.5 Å². The van der Waals surface area contributed by atoms with Gasteiger partial charge in [-0.1, -0.05) is 35.0 Å². The van der Waals surface area contributed by atoms with E-state index in [1.54, 1.807) is 12.1 Å². The molecule has 0 radical (unpaired) electrons. The first kappa shape index (κ1) is 13.6. The Labute approximate surface area is 126 Å². The Kier molecular flexibility index (Phi) is 3.87. The van der Waals surface area contributed by atoms with Gasteiger partial charge in [-0.2, -0.15) is 9.71 Å². The van der Waals surface area contributed by atoms with Crippen LogP contribution >= 0.6 is 11.8 Å². The van der Waals surface area contributed by atoms with E-state index in [0.29, 0.717) is 22.5 Å². The van der Waals surface area contributed by atoms with Crippen LogP contribution in [0.3, 0.4) is 0 Å². The van der Waals surface area contributed by atoms with Crippen LogP contribution in [0.1, 0.15) is 11.5 Å². The fraction of sp³-hybridized carbons (Fsp3) is 0.133. The zero-order valence-corrected chi connectivity index (χ0v) is 12.2. The number of aromatic nitrogens is 3. The number of thioether (sulfide) groups is 1. The van der Waals surface area contributed by atoms with Crippen LogP contribution in [-0.2, 0) is 5.75 Å². The summed E-state index contributed by atoms with van der Waals surface area (Å²) in [5.74, 6) is 1.53. The normalized spacial score (nSPS) is 10.7. The third kappa shape index (κ3) is 3.22. The third-order valence-electron chi connectivity index (χ3n) is 2.91. The Hall–Kier alpha value is -2.34. The van der Waals surface area contributed by atoms with Gasteiger partial charge in [0.05, 0.1) is 5.75 Å². The van der Waals surface area contributed by atoms with E-state index >= 15 is 0 Å². The van der Waals surface area contributed by atoms with Crippen molar-refractivity contribution in [3.63, 3.8) is 0 Å². The Morgan fingerprint density at radius 2 is 2.00 bits per heavy atom. The van der Waals surface area contributed by atoms with E-state index in [1.807, 2.05) is 37.3 Å². The lowest BCUT2D eigenvalue weighted by molar-refractivity contribution is -0.645. The third-order valence-corrected chi connectivity index (χ3v) is 3.91. The molecule has 6 heteroatoms. The summed E-state index contributed by atoms with van der Waals surface area (Å²) in [6.45, 7) is 2.03. The van der Waals surface area contributed by atoms with E-state index in [9.17, 15) is 5.21 Å². The quantitative estimate of drug-likeness (QED) is 0.421. The van der Waals surface area contributed by atoms with Crippen molar-refractivity contribution in [1.82, 2.24) is 10.1 Å². The first-order valence-electron chi connectivity index (χ1n) is 6.43. The molecular formula is C15H13N3O2S. The second-order valence-corrected chi connectivity index (χ2v) is 5.53. The number of benzene rings is 1. The second kappa shape index (κ2) is 5.97. The molecule has 0 unspecified atom stereocenters. The van der Waals surface area contributed by atoms with Gasteiger partial charge in [-0.15, -0.1) is 0 Å². The topological polar surface area (TPSA) is 65.9 Å². The number of aryl methyl sites for hydroxylation is 1. The minimum Gasteiger partial charge on any atom is -0.618 e. The van der Waals surface area contributed by atoms with Crippen LogP contribution in [0.25, 0.3) is 11.4 Å². The van der Waals surface area contributed by atoms with Crippen molar-refractivity contribution in [1.29, 1.82) is 0 Å². The van der Waals surface area contributed by atoms with Crippen molar-refractivity contribution in [2.45, 2.75) is 17.7 Å². The summed E-state index contributed by atoms with van der Waals surface area (Å²) in [6, 6.07) is 13.2. The average molecular weight is 299 g/mol. The standard InChI is InChI=1S/C15H13N3O2S/c1-11-5-7-12(8-6-11)15-16-13(20-17-15)10-21-14-4-2-3-9-18(14)19/h2-9H,10H2,1H3. The fourth-order valence-corrected chi connectivity index (χ4v) is 2.54. The molecule has 0 bridgehead atoms. The molecule has 3 rings (SSSR count). The Bertz CT molecular complexity index is 741. The van der Waals surface area contributed by atoms with Crippen LogP contribution in [0, 0.1) is 12.1 Å². The molecule has 0 spiro atoms. The van der Waals surface area contributed by atoms with Gasteiger partial charge in [-0.05, 0) is 24.8 Å². The van der Waals surface area contributed by atoms with Crippen LogP contribution in [-0.4, -0.2) is 10.1 Å². The summed E-state index contributed by atoms with van der Waals surface area (Å²) in [5, 5.41) is 16.1. The number of pyridine rings is 1. The highest BCUT2D eigenvalue weighted by atomic mass is 32.2. The molecule has 2 aromatic heterocycles. The molecule has 1 aromatic carbocycles. The van der Waals surface area contributed by atoms with Gasteiger partial charge in [0.2, 0.25) is 11.7 Å². The predicted octanol–water partition coefficient (Wildman–Crippen LogP) is 2.97. The minimum absolute atomic E-state index is 0.463. The Morgan fingerprint density at radius 1 is 1.19 bits per heavy atom. The molecule has 0 aliphatic rings. The molecular weight excluding hydrogens is 286 g/mol. The number of hydrogen-bond acceptors (Lipinski definition) is 5. The van der Waals surface area contributed by atoms with Gasteiger partial charge in [0, 0.05) is 17.7 Å². The summed E-state index contributed by atoms with van der Waals surface area (Å²) in [7, 11) is 0. The van der Waals surface area contributed by atoms with Gasteiger partial charge >= 0.3 is 0 Å². The van der Waals surface area contributed by atoms with E-state index in [2.05, 4.69) is 10.1 Å². The lowest BCUT2D eigenvalue weighted by Crippen LogP contribution is -2.27. The second-order valence-electron chi connectivity index (χ2n) is 4.53. The first-order chi connectivity index (χ1) is 10.2. The monoisotopic (exact) mass is 299 g/mol. The van der Waals surface area contributed by atoms with Crippen molar-refractivity contribution in [3.8, 4) is 11.4 Å². The van der Waals surface area contributed by atoms with Crippen molar-refractivity contribution < 1.29 is 9.25 Å². The first-order valence-corrected chi connectivity index (χ1v) is 7.41. The highest BCUT2D eigenvalue weighted by molar-refractivity contribution is 7.98. The average Bonchev–Trinajstić information content (AvgIpc) is 2.96. The SMILES string of the molecule is Cc1ccc(-c2noc(CSc3cccc[n+]3[O-])n2)cc1. The molecule has 106 valence electrons. The number of hydrogen-bond donors (Lipinski definition) is 0. The predicted molar refractivity (Wildman–Crippen MR) is 79.4 cm³/mol. The zero-order chi connectivity index (χ0) is 14.7. The van der Waals surface area contributed by atoms with Crippen molar-refractivity contribution in [2.24, 2.45) is 0 Å². The number of nitrogens with zero attached hydrogens (tertiary/aromatic N) is 3. The fourth-order valence-electron chi connectivity index (χ4n) is 1.79. The molecule has 0 aliphatic heterocycles. The maximum absolute atomic E-state index is 11.5. The van der Waals surface area contributed by atoms with Crippen molar-refractivity contribution in [3.05, 3.63) is 65.3 Å². The molecule has 0 atom stereocenters. The summed E-state index contributed by atoms with van der Waals surface area (Å²) >= 11 is 1.37. The van der Waals surface area contributed by atoms with Gasteiger partial charge in [-0.3, -0.25) is 0 Å². The maximum Gasteiger partial charge on any atom is 0.251 e. The molecule has 0 saturated heterocycles. The molecule has 2 heterocycles. The van der Waals surface area contributed by atoms with Crippen LogP contribution in [0.5, 0.6) is 0 Å². The Balaban J connectivity index is 1.71. The highest BCUT2D eigenvalue weighted by Crippen LogP contribution is 2.21. The molecule has 0 amide bonds. The lowest BCUT2D eigenvalue weighted by atomic mass is 10.1. The lowest BCUT2D eigenvalue weighted by Gasteiger charge is -2.00. The van der Waals surface area contributed by atoms with Crippen LogP contribution in [0.2, 0.25) is 0 Å². The Morgan fingerprint density at radius 3 is 2.76 bits per heavy atom. The molecule has 5 nitrogen and oxygen atoms in total. The van der Waals surface area contributed by atoms with Crippen molar-refractivity contribution in [2.75, 3.05) is 0 Å². The van der Waals surface area contributed by atoms with Gasteiger partial charge in [0.25, 0.3) is 5.03 Å². The minimum atomic E-state index is 0.463. The molecule has 3 aromatic rings. The molecule has 0 N–H and O–H groups in total. The van der Waals surface area contributed by atoms with E-state index in [4.69, 9.17) is 4.52 Å². The zero-order valence-electron chi connectivity index (χ0n) is 11.4. The summed E-state index contributed by atoms with van der Waals surface area (Å²) in [4.78, 5) is 4.34. The smallest absolute Gasteiger partial charge is 0.251 e. The summed E-state index contributed by atoms with van der Waals surface area (Å²) in [5.41, 5.74) is 2.10. The molecule has 21 heavy (non-hydrogen) atoms. The molecule has 0 fully saturated rings. The summed E-state index contributed by atoms with van der Waals surface area (Å²) < 4.78 is 6.04. The number of rotatable bonds is 4. The maximum atomic E-state index is 11.5. The van der Waals surface area contributed by atoms with E-state index in [0.717, 1.165) is 10.3 Å². The largest absolute Gasteiger partial charge is 0.618 e. The molecule has 0 saturated carbocycles. The van der Waals surface area contributed by atoms with Crippen LogP contribution in [0.15, 0.2) is 58.2 Å². The van der Waals surface area contributed by atoms with Crippen LogP contribution in [0.4, 0.5) is 0 Å². The van der Waals surface area contributed by atoms with Gasteiger partial charge < -0.3 is 9.73 Å². The summed E-state index contributed by atoms with van der Waals surface area (Å²) in [6.07, 6.45) is 1.47. The van der Waals surface area contributed by atoms with E-state index < -0.39 is 0 Å². The molecule has 0 aliphatic carbocycles. The van der Waals surface area contributed by atoms with E-state index in [-0.39, 0.29) is 0 Å². The highest BCUT2D eigenvalue weighted by Gasteiger charge is 2.11.